The van der Waals surface area contributed by atoms with Gasteiger partial charge in [0.1, 0.15) is 5.75 Å². The predicted molar refractivity (Wildman–Crippen MR) is 124 cm³/mol. The van der Waals surface area contributed by atoms with Crippen molar-refractivity contribution in [3.63, 3.8) is 0 Å². The Morgan fingerprint density at radius 2 is 1.61 bits per heavy atom. The van der Waals surface area contributed by atoms with Crippen LogP contribution in [0.2, 0.25) is 0 Å². The van der Waals surface area contributed by atoms with Gasteiger partial charge in [-0.1, -0.05) is 26.8 Å². The molecule has 0 aromatic heterocycles. The van der Waals surface area contributed by atoms with Gasteiger partial charge < -0.3 is 29.6 Å². The molecule has 1 aromatic rings. The molecule has 7 nitrogen and oxygen atoms in total. The Balaban J connectivity index is 1.95. The lowest BCUT2D eigenvalue weighted by Crippen LogP contribution is -2.27. The van der Waals surface area contributed by atoms with Crippen LogP contribution in [-0.2, 0) is 14.2 Å². The molecular weight excluding hydrogens is 396 g/mol. The first-order valence-electron chi connectivity index (χ1n) is 11.5. The maximum absolute atomic E-state index is 12.2. The molecule has 1 rings (SSSR count). The van der Waals surface area contributed by atoms with Crippen molar-refractivity contribution in [2.24, 2.45) is 5.92 Å². The lowest BCUT2D eigenvalue weighted by Gasteiger charge is -2.11. The van der Waals surface area contributed by atoms with E-state index >= 15 is 0 Å². The summed E-state index contributed by atoms with van der Waals surface area (Å²) < 4.78 is 22.2. The highest BCUT2D eigenvalue weighted by atomic mass is 16.5. The van der Waals surface area contributed by atoms with Crippen LogP contribution in [0.25, 0.3) is 0 Å². The summed E-state index contributed by atoms with van der Waals surface area (Å²) in [6, 6.07) is 7.79. The van der Waals surface area contributed by atoms with Crippen LogP contribution in [0.5, 0.6) is 5.75 Å². The first-order chi connectivity index (χ1) is 15.0. The van der Waals surface area contributed by atoms with Gasteiger partial charge >= 0.3 is 0 Å². The van der Waals surface area contributed by atoms with E-state index in [1.807, 2.05) is 12.1 Å². The van der Waals surface area contributed by atoms with Crippen LogP contribution >= 0.6 is 0 Å². The third kappa shape index (κ3) is 14.9. The standard InChI is InChI=1S/C24H42N2O5/c1-5-21(4)25-10-7-12-28-14-16-30-17-15-29-13-11-26-24(27)22-8-6-9-23(18-22)31-19-20(2)3/h6,8-9,18,20-21,25H,5,7,10-17,19H2,1-4H3,(H,26,27). The van der Waals surface area contributed by atoms with Gasteiger partial charge in [0.15, 0.2) is 0 Å². The Labute approximate surface area is 188 Å². The molecule has 0 aliphatic heterocycles. The number of hydrogen-bond acceptors (Lipinski definition) is 6. The number of carbonyl (C=O) groups is 1. The highest BCUT2D eigenvalue weighted by Crippen LogP contribution is 2.14. The second-order valence-corrected chi connectivity index (χ2v) is 7.94. The Kier molecular flexibility index (Phi) is 15.8. The Morgan fingerprint density at radius 3 is 2.29 bits per heavy atom. The average Bonchev–Trinajstić information content (AvgIpc) is 2.77. The molecule has 1 amide bonds. The van der Waals surface area contributed by atoms with Crippen molar-refractivity contribution in [2.75, 3.05) is 59.3 Å². The number of hydrogen-bond donors (Lipinski definition) is 2. The fourth-order valence-electron chi connectivity index (χ4n) is 2.54. The van der Waals surface area contributed by atoms with E-state index in [9.17, 15) is 4.79 Å². The molecule has 178 valence electrons. The predicted octanol–water partition coefficient (Wildman–Crippen LogP) is 3.28. The monoisotopic (exact) mass is 438 g/mol. The molecule has 0 saturated carbocycles. The fraction of sp³-hybridized carbons (Fsp3) is 0.708. The first kappa shape index (κ1) is 27.4. The summed E-state index contributed by atoms with van der Waals surface area (Å²) in [6.07, 6.45) is 2.15. The minimum absolute atomic E-state index is 0.133. The zero-order chi connectivity index (χ0) is 22.7. The lowest BCUT2D eigenvalue weighted by atomic mass is 10.2. The maximum atomic E-state index is 12.2. The number of benzene rings is 1. The van der Waals surface area contributed by atoms with Gasteiger partial charge in [-0.15, -0.1) is 0 Å². The molecule has 31 heavy (non-hydrogen) atoms. The highest BCUT2D eigenvalue weighted by Gasteiger charge is 2.06. The van der Waals surface area contributed by atoms with E-state index in [0.29, 0.717) is 69.5 Å². The fourth-order valence-corrected chi connectivity index (χ4v) is 2.54. The molecule has 0 spiro atoms. The molecule has 7 heteroatoms. The van der Waals surface area contributed by atoms with Crippen molar-refractivity contribution < 1.29 is 23.7 Å². The molecule has 2 N–H and O–H groups in total. The SMILES string of the molecule is CCC(C)NCCCOCCOCCOCCNC(=O)c1cccc(OCC(C)C)c1. The van der Waals surface area contributed by atoms with Crippen molar-refractivity contribution in [1.29, 1.82) is 0 Å². The van der Waals surface area contributed by atoms with Gasteiger partial charge in [0.05, 0.1) is 39.6 Å². The van der Waals surface area contributed by atoms with Gasteiger partial charge in [0, 0.05) is 24.8 Å². The molecule has 0 aliphatic rings. The van der Waals surface area contributed by atoms with Gasteiger partial charge in [-0.05, 0) is 50.4 Å². The summed E-state index contributed by atoms with van der Waals surface area (Å²) in [6.45, 7) is 14.0. The molecule has 0 bridgehead atoms. The van der Waals surface area contributed by atoms with Crippen LogP contribution in [0.15, 0.2) is 24.3 Å². The van der Waals surface area contributed by atoms with E-state index < -0.39 is 0 Å². The highest BCUT2D eigenvalue weighted by molar-refractivity contribution is 5.94. The molecule has 1 atom stereocenters. The molecule has 0 fully saturated rings. The third-order valence-corrected chi connectivity index (χ3v) is 4.53. The molecule has 0 saturated heterocycles. The van der Waals surface area contributed by atoms with E-state index in [2.05, 4.69) is 38.3 Å². The minimum Gasteiger partial charge on any atom is -0.493 e. The number of amides is 1. The number of rotatable bonds is 19. The zero-order valence-electron chi connectivity index (χ0n) is 19.8. The third-order valence-electron chi connectivity index (χ3n) is 4.53. The number of carbonyl (C=O) groups excluding carboxylic acids is 1. The van der Waals surface area contributed by atoms with E-state index in [-0.39, 0.29) is 5.91 Å². The maximum Gasteiger partial charge on any atom is 0.251 e. The first-order valence-corrected chi connectivity index (χ1v) is 11.5. The number of ether oxygens (including phenoxy) is 4. The Bertz CT molecular complexity index is 583. The molecule has 0 aliphatic carbocycles. The summed E-state index contributed by atoms with van der Waals surface area (Å²) in [5.74, 6) is 1.01. The molecule has 1 aromatic carbocycles. The van der Waals surface area contributed by atoms with E-state index in [1.54, 1.807) is 12.1 Å². The van der Waals surface area contributed by atoms with E-state index in [4.69, 9.17) is 18.9 Å². The van der Waals surface area contributed by atoms with Gasteiger partial charge in [0.2, 0.25) is 0 Å². The Hall–Kier alpha value is -1.67. The van der Waals surface area contributed by atoms with E-state index in [1.165, 1.54) is 0 Å². The zero-order valence-corrected chi connectivity index (χ0v) is 19.8. The van der Waals surface area contributed by atoms with Gasteiger partial charge in [-0.25, -0.2) is 0 Å². The summed E-state index contributed by atoms with van der Waals surface area (Å²) >= 11 is 0. The number of nitrogens with one attached hydrogen (secondary N) is 2. The van der Waals surface area contributed by atoms with E-state index in [0.717, 1.165) is 26.0 Å². The summed E-state index contributed by atoms with van der Waals surface area (Å²) in [5.41, 5.74) is 0.584. The smallest absolute Gasteiger partial charge is 0.251 e. The quantitative estimate of drug-likeness (QED) is 0.323. The van der Waals surface area contributed by atoms with Crippen LogP contribution in [0.4, 0.5) is 0 Å². The van der Waals surface area contributed by atoms with Crippen LogP contribution < -0.4 is 15.4 Å². The van der Waals surface area contributed by atoms with Crippen LogP contribution in [0.3, 0.4) is 0 Å². The molecule has 0 heterocycles. The minimum atomic E-state index is -0.133. The van der Waals surface area contributed by atoms with Gasteiger partial charge in [0.25, 0.3) is 5.91 Å². The summed E-state index contributed by atoms with van der Waals surface area (Å²) in [7, 11) is 0. The molecule has 0 radical (unpaired) electrons. The van der Waals surface area contributed by atoms with Crippen LogP contribution in [-0.4, -0.2) is 71.3 Å². The molecular formula is C24H42N2O5. The average molecular weight is 439 g/mol. The normalized spacial score (nSPS) is 12.2. The van der Waals surface area contributed by atoms with Crippen molar-refractivity contribution >= 4 is 5.91 Å². The lowest BCUT2D eigenvalue weighted by molar-refractivity contribution is 0.0147. The second kappa shape index (κ2) is 18.0. The van der Waals surface area contributed by atoms with Gasteiger partial charge in [-0.2, -0.15) is 0 Å². The van der Waals surface area contributed by atoms with Crippen molar-refractivity contribution in [2.45, 2.75) is 46.6 Å². The molecule has 1 unspecified atom stereocenters. The summed E-state index contributed by atoms with van der Waals surface area (Å²) in [5, 5.41) is 6.29. The van der Waals surface area contributed by atoms with Crippen LogP contribution in [0, 0.1) is 5.92 Å². The Morgan fingerprint density at radius 1 is 0.935 bits per heavy atom. The van der Waals surface area contributed by atoms with Gasteiger partial charge in [-0.3, -0.25) is 4.79 Å². The largest absolute Gasteiger partial charge is 0.493 e. The van der Waals surface area contributed by atoms with Crippen molar-refractivity contribution in [1.82, 2.24) is 10.6 Å². The van der Waals surface area contributed by atoms with Crippen molar-refractivity contribution in [3.05, 3.63) is 29.8 Å². The second-order valence-electron chi connectivity index (χ2n) is 7.94. The topological polar surface area (TPSA) is 78.0 Å². The summed E-state index contributed by atoms with van der Waals surface area (Å²) in [4.78, 5) is 12.2. The van der Waals surface area contributed by atoms with Crippen LogP contribution in [0.1, 0.15) is 50.9 Å². The van der Waals surface area contributed by atoms with Crippen molar-refractivity contribution in [3.8, 4) is 5.75 Å².